The summed E-state index contributed by atoms with van der Waals surface area (Å²) in [6.45, 7) is 0.393. The third-order valence-corrected chi connectivity index (χ3v) is 4.80. The van der Waals surface area contributed by atoms with E-state index in [0.717, 1.165) is 6.07 Å². The number of carboxylic acid groups (broad SMARTS) is 1. The Balaban J connectivity index is 2.03. The van der Waals surface area contributed by atoms with Gasteiger partial charge in [-0.05, 0) is 24.3 Å². The van der Waals surface area contributed by atoms with Crippen LogP contribution in [0.3, 0.4) is 0 Å². The van der Waals surface area contributed by atoms with Crippen LogP contribution in [0.15, 0.2) is 41.3 Å². The van der Waals surface area contributed by atoms with Crippen molar-refractivity contribution >= 4 is 21.7 Å². The number of rotatable bonds is 4. The lowest BCUT2D eigenvalue weighted by Crippen LogP contribution is -2.20. The third-order valence-electron chi connectivity index (χ3n) is 3.44. The van der Waals surface area contributed by atoms with Crippen molar-refractivity contribution in [1.82, 2.24) is 0 Å². The van der Waals surface area contributed by atoms with Gasteiger partial charge in [0, 0.05) is 11.6 Å². The molecule has 0 aliphatic carbocycles. The molecule has 0 spiro atoms. The van der Waals surface area contributed by atoms with Crippen LogP contribution in [0, 0.1) is 12.3 Å². The highest BCUT2D eigenvalue weighted by Crippen LogP contribution is 2.37. The summed E-state index contributed by atoms with van der Waals surface area (Å²) in [6.07, 6.45) is 5.30. The van der Waals surface area contributed by atoms with E-state index >= 15 is 0 Å². The van der Waals surface area contributed by atoms with E-state index in [1.54, 1.807) is 12.1 Å². The molecule has 7 nitrogen and oxygen atoms in total. The van der Waals surface area contributed by atoms with Crippen molar-refractivity contribution in [2.75, 3.05) is 17.9 Å². The molecule has 0 radical (unpaired) electrons. The maximum absolute atomic E-state index is 12.6. The number of carbonyl (C=O) groups is 1. The smallest absolute Gasteiger partial charge is 0.339 e. The Kier molecular flexibility index (Phi) is 4.25. The van der Waals surface area contributed by atoms with Gasteiger partial charge in [0.15, 0.2) is 11.5 Å². The molecule has 0 amide bonds. The third kappa shape index (κ3) is 3.36. The van der Waals surface area contributed by atoms with Crippen molar-refractivity contribution in [3.63, 3.8) is 0 Å². The molecule has 2 aromatic rings. The molecular weight excluding hydrogens is 346 g/mol. The highest BCUT2D eigenvalue weighted by molar-refractivity contribution is 7.92. The molecule has 25 heavy (non-hydrogen) atoms. The number of sulfonamides is 1. The lowest BCUT2D eigenvalue weighted by molar-refractivity contribution is 0.0685. The first-order valence-corrected chi connectivity index (χ1v) is 8.65. The first-order chi connectivity index (χ1) is 11.9. The average molecular weight is 359 g/mol. The van der Waals surface area contributed by atoms with Gasteiger partial charge in [0.25, 0.3) is 10.0 Å². The summed E-state index contributed by atoms with van der Waals surface area (Å²) in [7, 11) is -4.05. The van der Waals surface area contributed by atoms with Gasteiger partial charge in [-0.1, -0.05) is 12.0 Å². The quantitative estimate of drug-likeness (QED) is 0.809. The normalized spacial score (nSPS) is 12.9. The Hall–Kier alpha value is -3.18. The molecule has 0 saturated heterocycles. The molecule has 2 aromatic carbocycles. The number of ether oxygens (including phenoxy) is 2. The predicted molar refractivity (Wildman–Crippen MR) is 89.6 cm³/mol. The van der Waals surface area contributed by atoms with Crippen molar-refractivity contribution in [3.8, 4) is 23.8 Å². The zero-order chi connectivity index (χ0) is 18.0. The van der Waals surface area contributed by atoms with Gasteiger partial charge < -0.3 is 14.6 Å². The second-order valence-electron chi connectivity index (χ2n) is 5.13. The molecule has 0 fully saturated rings. The van der Waals surface area contributed by atoms with Crippen LogP contribution in [0.25, 0.3) is 0 Å². The second kappa shape index (κ2) is 6.37. The molecule has 1 heterocycles. The largest absolute Gasteiger partial charge is 0.486 e. The molecule has 0 atom stereocenters. The van der Waals surface area contributed by atoms with E-state index in [-0.39, 0.29) is 40.9 Å². The molecule has 8 heteroatoms. The highest BCUT2D eigenvalue weighted by Gasteiger charge is 2.26. The van der Waals surface area contributed by atoms with Crippen LogP contribution in [-0.2, 0) is 10.0 Å². The number of nitrogens with one attached hydrogen (secondary N) is 1. The van der Waals surface area contributed by atoms with Gasteiger partial charge in [-0.15, -0.1) is 6.42 Å². The molecule has 2 N–H and O–H groups in total. The monoisotopic (exact) mass is 359 g/mol. The fourth-order valence-corrected chi connectivity index (χ4v) is 3.42. The average Bonchev–Trinajstić information content (AvgIpc) is 2.60. The van der Waals surface area contributed by atoms with E-state index in [0.29, 0.717) is 5.56 Å². The summed E-state index contributed by atoms with van der Waals surface area (Å²) in [6, 6.07) is 8.56. The summed E-state index contributed by atoms with van der Waals surface area (Å²) in [5.41, 5.74) is 0.491. The number of anilines is 1. The molecule has 0 bridgehead atoms. The Bertz CT molecular complexity index is 991. The van der Waals surface area contributed by atoms with Gasteiger partial charge >= 0.3 is 5.97 Å². The van der Waals surface area contributed by atoms with Gasteiger partial charge in [0.2, 0.25) is 0 Å². The number of terminal acetylenes is 1. The van der Waals surface area contributed by atoms with Crippen molar-refractivity contribution in [3.05, 3.63) is 47.5 Å². The number of hydrogen-bond donors (Lipinski definition) is 2. The van der Waals surface area contributed by atoms with Crippen molar-refractivity contribution in [2.45, 2.75) is 4.90 Å². The maximum Gasteiger partial charge on any atom is 0.339 e. The topological polar surface area (TPSA) is 102 Å². The van der Waals surface area contributed by atoms with Gasteiger partial charge in [-0.25, -0.2) is 13.2 Å². The number of carboxylic acids is 1. The van der Waals surface area contributed by atoms with Crippen LogP contribution >= 0.6 is 0 Å². The van der Waals surface area contributed by atoms with Gasteiger partial charge in [-0.2, -0.15) is 0 Å². The van der Waals surface area contributed by atoms with Crippen LogP contribution in [0.2, 0.25) is 0 Å². The molecule has 128 valence electrons. The second-order valence-corrected chi connectivity index (χ2v) is 6.81. The van der Waals surface area contributed by atoms with Crippen LogP contribution in [0.4, 0.5) is 5.69 Å². The summed E-state index contributed by atoms with van der Waals surface area (Å²) >= 11 is 0. The fourth-order valence-electron chi connectivity index (χ4n) is 2.33. The first kappa shape index (κ1) is 16.7. The fraction of sp³-hybridized carbons (Fsp3) is 0.118. The van der Waals surface area contributed by atoms with Crippen molar-refractivity contribution in [2.24, 2.45) is 0 Å². The Morgan fingerprint density at radius 1 is 1.20 bits per heavy atom. The van der Waals surface area contributed by atoms with E-state index in [9.17, 15) is 18.3 Å². The van der Waals surface area contributed by atoms with Crippen LogP contribution in [0.1, 0.15) is 15.9 Å². The zero-order valence-electron chi connectivity index (χ0n) is 12.9. The molecule has 0 saturated carbocycles. The minimum Gasteiger partial charge on any atom is -0.486 e. The standard InChI is InChI=1S/C17H13NO6S/c1-2-11-4-3-5-12(8-11)18-25(21,22)13-9-14(17(19)20)16-15(10-13)23-6-7-24-16/h1,3-5,8-10,18H,6-7H2,(H,19,20). The van der Waals surface area contributed by atoms with E-state index in [4.69, 9.17) is 15.9 Å². The number of aromatic carboxylic acids is 1. The number of benzene rings is 2. The SMILES string of the molecule is C#Cc1cccc(NS(=O)(=O)c2cc3c(c(C(=O)O)c2)OCCO3)c1. The molecular formula is C17H13NO6S. The molecule has 1 aliphatic heterocycles. The van der Waals surface area contributed by atoms with Crippen LogP contribution in [0.5, 0.6) is 11.5 Å². The van der Waals surface area contributed by atoms with Crippen LogP contribution in [-0.4, -0.2) is 32.7 Å². The van der Waals surface area contributed by atoms with E-state index in [1.165, 1.54) is 18.2 Å². The maximum atomic E-state index is 12.6. The summed E-state index contributed by atoms with van der Waals surface area (Å²) in [5, 5.41) is 9.32. The van der Waals surface area contributed by atoms with Gasteiger partial charge in [-0.3, -0.25) is 4.72 Å². The lowest BCUT2D eigenvalue weighted by Gasteiger charge is -2.21. The number of fused-ring (bicyclic) bond motifs is 1. The molecule has 0 aromatic heterocycles. The van der Waals surface area contributed by atoms with E-state index in [2.05, 4.69) is 10.6 Å². The highest BCUT2D eigenvalue weighted by atomic mass is 32.2. The molecule has 1 aliphatic rings. The summed E-state index contributed by atoms with van der Waals surface area (Å²) in [5.74, 6) is 1.19. The Morgan fingerprint density at radius 2 is 1.96 bits per heavy atom. The Morgan fingerprint density at radius 3 is 2.68 bits per heavy atom. The van der Waals surface area contributed by atoms with E-state index < -0.39 is 16.0 Å². The van der Waals surface area contributed by atoms with Crippen molar-refractivity contribution in [1.29, 1.82) is 0 Å². The summed E-state index contributed by atoms with van der Waals surface area (Å²) < 4.78 is 38.2. The minimum absolute atomic E-state index is 0.0204. The van der Waals surface area contributed by atoms with Gasteiger partial charge in [0.1, 0.15) is 18.8 Å². The first-order valence-electron chi connectivity index (χ1n) is 7.17. The van der Waals surface area contributed by atoms with E-state index in [1.807, 2.05) is 0 Å². The predicted octanol–water partition coefficient (Wildman–Crippen LogP) is 1.94. The molecule has 0 unspecified atom stereocenters. The minimum atomic E-state index is -4.05. The summed E-state index contributed by atoms with van der Waals surface area (Å²) in [4.78, 5) is 11.2. The lowest BCUT2D eigenvalue weighted by atomic mass is 10.2. The molecule has 3 rings (SSSR count). The zero-order valence-corrected chi connectivity index (χ0v) is 13.7. The van der Waals surface area contributed by atoms with Crippen LogP contribution < -0.4 is 14.2 Å². The number of hydrogen-bond acceptors (Lipinski definition) is 5. The Labute approximate surface area is 144 Å². The van der Waals surface area contributed by atoms with Gasteiger partial charge in [0.05, 0.1) is 10.6 Å². The van der Waals surface area contributed by atoms with Crippen molar-refractivity contribution < 1.29 is 27.8 Å².